The molecule has 2 N–H and O–H groups in total. The first-order chi connectivity index (χ1) is 11.6. The molecule has 0 radical (unpaired) electrons. The molecule has 2 unspecified atom stereocenters. The second kappa shape index (κ2) is 5.90. The third-order valence-electron chi connectivity index (χ3n) is 5.23. The van der Waals surface area contributed by atoms with Crippen molar-refractivity contribution in [1.29, 1.82) is 0 Å². The highest BCUT2D eigenvalue weighted by molar-refractivity contribution is 7.91. The van der Waals surface area contributed by atoms with Crippen LogP contribution in [0.15, 0.2) is 58.3 Å². The highest BCUT2D eigenvalue weighted by Gasteiger charge is 2.37. The molecule has 126 valence electrons. The Morgan fingerprint density at radius 3 is 2.62 bits per heavy atom. The average molecular weight is 342 g/mol. The molecule has 2 aliphatic rings. The quantitative estimate of drug-likeness (QED) is 0.881. The number of anilines is 1. The van der Waals surface area contributed by atoms with E-state index in [1.807, 2.05) is 18.2 Å². The fraction of sp³-hybridized carbons (Fsp3) is 0.368. The maximum Gasteiger partial charge on any atom is 0.206 e. The van der Waals surface area contributed by atoms with Crippen molar-refractivity contribution in [3.8, 4) is 0 Å². The van der Waals surface area contributed by atoms with E-state index in [9.17, 15) is 8.42 Å². The number of benzene rings is 2. The van der Waals surface area contributed by atoms with Gasteiger partial charge in [-0.1, -0.05) is 25.1 Å². The van der Waals surface area contributed by atoms with E-state index in [4.69, 9.17) is 0 Å². The standard InChI is InChI=1S/C19H22N2O2S/c1-13-12-20-10-9-18-19(13)16-11-15(7-8-17(16)21-18)24(22,23)14-5-3-2-4-6-14/h2-8,11,13,18-21H,9-10,12H2,1H3/t13?,18?,19-/m1/s1. The van der Waals surface area contributed by atoms with Crippen LogP contribution in [0.1, 0.15) is 24.8 Å². The van der Waals surface area contributed by atoms with E-state index in [-0.39, 0.29) is 0 Å². The van der Waals surface area contributed by atoms with E-state index in [0.717, 1.165) is 30.8 Å². The smallest absolute Gasteiger partial charge is 0.206 e. The summed E-state index contributed by atoms with van der Waals surface area (Å²) in [5.41, 5.74) is 2.24. The zero-order chi connectivity index (χ0) is 16.7. The summed E-state index contributed by atoms with van der Waals surface area (Å²) < 4.78 is 25.8. The third kappa shape index (κ3) is 2.52. The summed E-state index contributed by atoms with van der Waals surface area (Å²) >= 11 is 0. The molecule has 4 rings (SSSR count). The zero-order valence-corrected chi connectivity index (χ0v) is 14.5. The van der Waals surface area contributed by atoms with Gasteiger partial charge in [0.15, 0.2) is 0 Å². The number of hydrogen-bond donors (Lipinski definition) is 2. The number of sulfone groups is 1. The second-order valence-corrected chi connectivity index (χ2v) is 8.76. The van der Waals surface area contributed by atoms with E-state index in [1.54, 1.807) is 30.3 Å². The second-order valence-electron chi connectivity index (χ2n) is 6.81. The van der Waals surface area contributed by atoms with Crippen LogP contribution in [0, 0.1) is 5.92 Å². The minimum Gasteiger partial charge on any atom is -0.381 e. The largest absolute Gasteiger partial charge is 0.381 e. The van der Waals surface area contributed by atoms with Crippen molar-refractivity contribution < 1.29 is 8.42 Å². The van der Waals surface area contributed by atoms with Crippen LogP contribution in [0.25, 0.3) is 0 Å². The summed E-state index contributed by atoms with van der Waals surface area (Å²) in [5, 5.41) is 7.06. The minimum absolute atomic E-state index is 0.350. The van der Waals surface area contributed by atoms with Gasteiger partial charge in [-0.15, -0.1) is 0 Å². The summed E-state index contributed by atoms with van der Waals surface area (Å²) in [6.45, 7) is 4.21. The lowest BCUT2D eigenvalue weighted by molar-refractivity contribution is 0.443. The first kappa shape index (κ1) is 15.7. The Morgan fingerprint density at radius 2 is 1.83 bits per heavy atom. The maximum atomic E-state index is 12.9. The van der Waals surface area contributed by atoms with Crippen LogP contribution in [0.3, 0.4) is 0 Å². The highest BCUT2D eigenvalue weighted by Crippen LogP contribution is 2.43. The first-order valence-corrected chi connectivity index (χ1v) is 9.97. The van der Waals surface area contributed by atoms with Gasteiger partial charge in [0.05, 0.1) is 9.79 Å². The fourth-order valence-electron chi connectivity index (χ4n) is 4.03. The summed E-state index contributed by atoms with van der Waals surface area (Å²) in [6, 6.07) is 14.6. The molecule has 2 aromatic rings. The molecule has 0 bridgehead atoms. The third-order valence-corrected chi connectivity index (χ3v) is 7.00. The van der Waals surface area contributed by atoms with Crippen molar-refractivity contribution in [3.05, 3.63) is 54.1 Å². The fourth-order valence-corrected chi connectivity index (χ4v) is 5.34. The van der Waals surface area contributed by atoms with Crippen molar-refractivity contribution in [3.63, 3.8) is 0 Å². The molecule has 3 atom stereocenters. The summed E-state index contributed by atoms with van der Waals surface area (Å²) in [7, 11) is -3.47. The van der Waals surface area contributed by atoms with Crippen LogP contribution in [0.4, 0.5) is 5.69 Å². The molecule has 0 spiro atoms. The predicted octanol–water partition coefficient (Wildman–Crippen LogP) is 3.03. The van der Waals surface area contributed by atoms with Crippen LogP contribution < -0.4 is 10.6 Å². The lowest BCUT2D eigenvalue weighted by Crippen LogP contribution is -2.25. The van der Waals surface area contributed by atoms with Gasteiger partial charge in [0, 0.05) is 17.6 Å². The molecule has 0 amide bonds. The molecule has 24 heavy (non-hydrogen) atoms. The summed E-state index contributed by atoms with van der Waals surface area (Å²) in [5.74, 6) is 0.835. The Morgan fingerprint density at radius 1 is 1.04 bits per heavy atom. The van der Waals surface area contributed by atoms with Gasteiger partial charge in [0.2, 0.25) is 9.84 Å². The molecule has 0 aromatic heterocycles. The van der Waals surface area contributed by atoms with Crippen LogP contribution in [0.2, 0.25) is 0 Å². The normalized spacial score (nSPS) is 26.1. The molecule has 5 heteroatoms. The van der Waals surface area contributed by atoms with Gasteiger partial charge in [-0.05, 0) is 61.3 Å². The average Bonchev–Trinajstić information content (AvgIpc) is 2.86. The molecule has 2 aromatic carbocycles. The van der Waals surface area contributed by atoms with E-state index in [1.165, 1.54) is 0 Å². The van der Waals surface area contributed by atoms with Crippen molar-refractivity contribution in [2.75, 3.05) is 18.4 Å². The monoisotopic (exact) mass is 342 g/mol. The number of nitrogens with one attached hydrogen (secondary N) is 2. The van der Waals surface area contributed by atoms with Crippen LogP contribution in [-0.4, -0.2) is 27.5 Å². The number of fused-ring (bicyclic) bond motifs is 3. The Bertz CT molecular complexity index is 849. The Hall–Kier alpha value is -1.85. The summed E-state index contributed by atoms with van der Waals surface area (Å²) in [6.07, 6.45) is 1.06. The molecule has 4 nitrogen and oxygen atoms in total. The van der Waals surface area contributed by atoms with Gasteiger partial charge in [0.25, 0.3) is 0 Å². The Balaban J connectivity index is 1.77. The van der Waals surface area contributed by atoms with Gasteiger partial charge >= 0.3 is 0 Å². The summed E-state index contributed by atoms with van der Waals surface area (Å²) in [4.78, 5) is 0.738. The van der Waals surface area contributed by atoms with E-state index < -0.39 is 9.84 Å². The van der Waals surface area contributed by atoms with Crippen molar-refractivity contribution in [1.82, 2.24) is 5.32 Å². The molecular formula is C19H22N2O2S. The van der Waals surface area contributed by atoms with E-state index in [0.29, 0.717) is 27.7 Å². The molecule has 1 saturated heterocycles. The van der Waals surface area contributed by atoms with Crippen LogP contribution in [0.5, 0.6) is 0 Å². The molecule has 0 saturated carbocycles. The van der Waals surface area contributed by atoms with Crippen molar-refractivity contribution in [2.45, 2.75) is 35.1 Å². The van der Waals surface area contributed by atoms with Crippen molar-refractivity contribution >= 4 is 15.5 Å². The lowest BCUT2D eigenvalue weighted by Gasteiger charge is -2.22. The lowest BCUT2D eigenvalue weighted by atomic mass is 9.84. The van der Waals surface area contributed by atoms with Crippen LogP contribution >= 0.6 is 0 Å². The molecule has 1 fully saturated rings. The van der Waals surface area contributed by atoms with Crippen molar-refractivity contribution in [2.24, 2.45) is 5.92 Å². The van der Waals surface area contributed by atoms with Gasteiger partial charge in [-0.25, -0.2) is 8.42 Å². The van der Waals surface area contributed by atoms with E-state index in [2.05, 4.69) is 17.6 Å². The Kier molecular flexibility index (Phi) is 3.85. The number of rotatable bonds is 2. The molecule has 2 heterocycles. The maximum absolute atomic E-state index is 12.9. The van der Waals surface area contributed by atoms with Gasteiger partial charge in [-0.3, -0.25) is 0 Å². The zero-order valence-electron chi connectivity index (χ0n) is 13.7. The minimum atomic E-state index is -3.47. The first-order valence-electron chi connectivity index (χ1n) is 8.49. The Labute approximate surface area is 143 Å². The van der Waals surface area contributed by atoms with Gasteiger partial charge in [0.1, 0.15) is 0 Å². The number of hydrogen-bond acceptors (Lipinski definition) is 4. The van der Waals surface area contributed by atoms with Gasteiger partial charge < -0.3 is 10.6 Å². The van der Waals surface area contributed by atoms with Crippen LogP contribution in [-0.2, 0) is 9.84 Å². The topological polar surface area (TPSA) is 58.2 Å². The molecular weight excluding hydrogens is 320 g/mol. The molecule has 0 aliphatic carbocycles. The SMILES string of the molecule is CC1CNCCC2Nc3ccc(S(=O)(=O)c4ccccc4)cc3[C@@H]12. The highest BCUT2D eigenvalue weighted by atomic mass is 32.2. The van der Waals surface area contributed by atoms with Gasteiger partial charge in [-0.2, -0.15) is 0 Å². The van der Waals surface area contributed by atoms with E-state index >= 15 is 0 Å². The molecule has 2 aliphatic heterocycles. The predicted molar refractivity (Wildman–Crippen MR) is 95.1 cm³/mol.